The van der Waals surface area contributed by atoms with E-state index in [1.54, 1.807) is 0 Å². The molecule has 6 heteroatoms. The molecule has 0 saturated carbocycles. The van der Waals surface area contributed by atoms with Gasteiger partial charge in [0.15, 0.2) is 0 Å². The molecule has 6 nitrogen and oxygen atoms in total. The van der Waals surface area contributed by atoms with Crippen LogP contribution in [-0.4, -0.2) is 68.4 Å². The fourth-order valence-electron chi connectivity index (χ4n) is 2.88. The molecule has 1 aliphatic heterocycles. The van der Waals surface area contributed by atoms with Gasteiger partial charge < -0.3 is 24.7 Å². The zero-order valence-corrected chi connectivity index (χ0v) is 14.2. The minimum atomic E-state index is -0.125. The second kappa shape index (κ2) is 7.79. The number of aromatic nitrogens is 1. The van der Waals surface area contributed by atoms with E-state index in [2.05, 4.69) is 15.2 Å². The number of benzene rings is 1. The third kappa shape index (κ3) is 4.14. The monoisotopic (exact) mass is 331 g/mol. The Kier molecular flexibility index (Phi) is 5.50. The maximum atomic E-state index is 12.5. The van der Waals surface area contributed by atoms with E-state index in [4.69, 9.17) is 9.47 Å². The first kappa shape index (κ1) is 17.0. The Balaban J connectivity index is 1.62. The Bertz CT molecular complexity index is 650. The van der Waals surface area contributed by atoms with Crippen LogP contribution in [0.15, 0.2) is 30.3 Å². The normalized spacial score (nSPS) is 21.3. The van der Waals surface area contributed by atoms with Crippen molar-refractivity contribution in [1.29, 1.82) is 0 Å². The quantitative estimate of drug-likeness (QED) is 0.844. The molecular formula is C18H25N3O3. The van der Waals surface area contributed by atoms with Crippen LogP contribution in [0.25, 0.3) is 10.9 Å². The molecule has 1 fully saturated rings. The molecule has 2 aromatic rings. The van der Waals surface area contributed by atoms with Crippen molar-refractivity contribution < 1.29 is 14.3 Å². The number of H-pyrrole nitrogens is 1. The van der Waals surface area contributed by atoms with Crippen LogP contribution in [0.2, 0.25) is 0 Å². The lowest BCUT2D eigenvalue weighted by Crippen LogP contribution is -2.51. The summed E-state index contributed by atoms with van der Waals surface area (Å²) in [6.07, 6.45) is 0.789. The smallest absolute Gasteiger partial charge is 0.268 e. The SMILES string of the molecule is CN(C)CCO[C@@H]1CCOC[C@@H]1NC(=O)c1cc2ccccc2[nH]1. The lowest BCUT2D eigenvalue weighted by molar-refractivity contribution is -0.0562. The molecule has 1 aromatic heterocycles. The van der Waals surface area contributed by atoms with E-state index in [1.807, 2.05) is 44.4 Å². The molecule has 0 bridgehead atoms. The van der Waals surface area contributed by atoms with E-state index in [0.717, 1.165) is 23.9 Å². The third-order valence-electron chi connectivity index (χ3n) is 4.25. The van der Waals surface area contributed by atoms with Gasteiger partial charge in [-0.15, -0.1) is 0 Å². The van der Waals surface area contributed by atoms with E-state index in [9.17, 15) is 4.79 Å². The van der Waals surface area contributed by atoms with Crippen LogP contribution in [0.5, 0.6) is 0 Å². The highest BCUT2D eigenvalue weighted by Crippen LogP contribution is 2.16. The molecule has 1 aliphatic rings. The number of amides is 1. The highest BCUT2D eigenvalue weighted by atomic mass is 16.5. The van der Waals surface area contributed by atoms with Crippen LogP contribution in [0, 0.1) is 0 Å². The minimum Gasteiger partial charge on any atom is -0.379 e. The van der Waals surface area contributed by atoms with Crippen molar-refractivity contribution in [1.82, 2.24) is 15.2 Å². The summed E-state index contributed by atoms with van der Waals surface area (Å²) in [7, 11) is 4.03. The minimum absolute atomic E-state index is 0.00738. The van der Waals surface area contributed by atoms with Crippen LogP contribution in [0.3, 0.4) is 0 Å². The number of carbonyl (C=O) groups excluding carboxylic acids is 1. The first-order valence-corrected chi connectivity index (χ1v) is 8.36. The average molecular weight is 331 g/mol. The molecule has 2 atom stereocenters. The Labute approximate surface area is 142 Å². The van der Waals surface area contributed by atoms with Gasteiger partial charge in [-0.05, 0) is 32.6 Å². The Hall–Kier alpha value is -1.89. The van der Waals surface area contributed by atoms with E-state index in [0.29, 0.717) is 25.5 Å². The summed E-state index contributed by atoms with van der Waals surface area (Å²) in [5, 5.41) is 4.08. The molecule has 130 valence electrons. The molecule has 2 N–H and O–H groups in total. The summed E-state index contributed by atoms with van der Waals surface area (Å²) in [5.41, 5.74) is 1.52. The summed E-state index contributed by atoms with van der Waals surface area (Å²) < 4.78 is 11.5. The third-order valence-corrected chi connectivity index (χ3v) is 4.25. The predicted molar refractivity (Wildman–Crippen MR) is 93.3 cm³/mol. The second-order valence-corrected chi connectivity index (χ2v) is 6.43. The van der Waals surface area contributed by atoms with Crippen molar-refractivity contribution in [3.8, 4) is 0 Å². The molecule has 1 aromatic carbocycles. The lowest BCUT2D eigenvalue weighted by atomic mass is 10.1. The molecule has 1 amide bonds. The van der Waals surface area contributed by atoms with E-state index in [-0.39, 0.29) is 18.1 Å². The molecule has 0 aliphatic carbocycles. The zero-order valence-electron chi connectivity index (χ0n) is 14.2. The van der Waals surface area contributed by atoms with Crippen LogP contribution < -0.4 is 5.32 Å². The number of para-hydroxylation sites is 1. The highest BCUT2D eigenvalue weighted by molar-refractivity contribution is 5.98. The van der Waals surface area contributed by atoms with Gasteiger partial charge >= 0.3 is 0 Å². The Morgan fingerprint density at radius 2 is 2.25 bits per heavy atom. The number of likely N-dealkylation sites (N-methyl/N-ethyl adjacent to an activating group) is 1. The summed E-state index contributed by atoms with van der Waals surface area (Å²) in [4.78, 5) is 17.8. The molecular weight excluding hydrogens is 306 g/mol. The number of hydrogen-bond donors (Lipinski definition) is 2. The molecule has 1 saturated heterocycles. The number of ether oxygens (including phenoxy) is 2. The number of carbonyl (C=O) groups is 1. The van der Waals surface area contributed by atoms with Crippen molar-refractivity contribution >= 4 is 16.8 Å². The fourth-order valence-corrected chi connectivity index (χ4v) is 2.88. The van der Waals surface area contributed by atoms with Crippen molar-refractivity contribution in [3.63, 3.8) is 0 Å². The summed E-state index contributed by atoms with van der Waals surface area (Å²) >= 11 is 0. The number of nitrogens with one attached hydrogen (secondary N) is 2. The van der Waals surface area contributed by atoms with Gasteiger partial charge in [0.25, 0.3) is 5.91 Å². The second-order valence-electron chi connectivity index (χ2n) is 6.43. The van der Waals surface area contributed by atoms with Crippen LogP contribution in [0.4, 0.5) is 0 Å². The number of fused-ring (bicyclic) bond motifs is 1. The maximum absolute atomic E-state index is 12.5. The van der Waals surface area contributed by atoms with Crippen molar-refractivity contribution in [2.24, 2.45) is 0 Å². The van der Waals surface area contributed by atoms with Gasteiger partial charge in [-0.3, -0.25) is 4.79 Å². The molecule has 3 rings (SSSR count). The Morgan fingerprint density at radius 1 is 1.42 bits per heavy atom. The van der Waals surface area contributed by atoms with Crippen molar-refractivity contribution in [3.05, 3.63) is 36.0 Å². The van der Waals surface area contributed by atoms with Gasteiger partial charge in [0, 0.05) is 24.1 Å². The lowest BCUT2D eigenvalue weighted by Gasteiger charge is -2.32. The van der Waals surface area contributed by atoms with Gasteiger partial charge in [-0.25, -0.2) is 0 Å². The van der Waals surface area contributed by atoms with Gasteiger partial charge in [0.2, 0.25) is 0 Å². The number of rotatable bonds is 6. The maximum Gasteiger partial charge on any atom is 0.268 e. The standard InChI is InChI=1S/C18H25N3O3/c1-21(2)8-10-24-17-7-9-23-12-16(17)20-18(22)15-11-13-5-3-4-6-14(13)19-15/h3-6,11,16-17,19H,7-10,12H2,1-2H3,(H,20,22)/t16-,17+/m0/s1. The van der Waals surface area contributed by atoms with Crippen LogP contribution >= 0.6 is 0 Å². The largest absolute Gasteiger partial charge is 0.379 e. The van der Waals surface area contributed by atoms with Crippen molar-refractivity contribution in [2.75, 3.05) is 40.5 Å². The number of aromatic amines is 1. The summed E-state index contributed by atoms with van der Waals surface area (Å²) in [6.45, 7) is 2.67. The fraction of sp³-hybridized carbons (Fsp3) is 0.500. The summed E-state index contributed by atoms with van der Waals surface area (Å²) in [6, 6.07) is 9.60. The number of nitrogens with zero attached hydrogens (tertiary/aromatic N) is 1. The van der Waals surface area contributed by atoms with E-state index in [1.165, 1.54) is 0 Å². The first-order chi connectivity index (χ1) is 11.6. The zero-order chi connectivity index (χ0) is 16.9. The first-order valence-electron chi connectivity index (χ1n) is 8.36. The Morgan fingerprint density at radius 3 is 3.04 bits per heavy atom. The van der Waals surface area contributed by atoms with E-state index >= 15 is 0 Å². The van der Waals surface area contributed by atoms with Crippen LogP contribution in [-0.2, 0) is 9.47 Å². The molecule has 0 unspecified atom stereocenters. The van der Waals surface area contributed by atoms with Gasteiger partial charge in [0.05, 0.1) is 25.4 Å². The predicted octanol–water partition coefficient (Wildman–Crippen LogP) is 1.63. The number of hydrogen-bond acceptors (Lipinski definition) is 4. The summed E-state index contributed by atoms with van der Waals surface area (Å²) in [5.74, 6) is -0.122. The van der Waals surface area contributed by atoms with Gasteiger partial charge in [-0.1, -0.05) is 18.2 Å². The molecule has 2 heterocycles. The van der Waals surface area contributed by atoms with Gasteiger partial charge in [-0.2, -0.15) is 0 Å². The van der Waals surface area contributed by atoms with Crippen LogP contribution in [0.1, 0.15) is 16.9 Å². The molecule has 0 radical (unpaired) electrons. The molecule has 0 spiro atoms. The highest BCUT2D eigenvalue weighted by Gasteiger charge is 2.28. The van der Waals surface area contributed by atoms with Crippen molar-refractivity contribution in [2.45, 2.75) is 18.6 Å². The molecule has 24 heavy (non-hydrogen) atoms. The van der Waals surface area contributed by atoms with Gasteiger partial charge in [0.1, 0.15) is 5.69 Å². The average Bonchev–Trinajstić information content (AvgIpc) is 3.00. The topological polar surface area (TPSA) is 66.6 Å². The van der Waals surface area contributed by atoms with E-state index < -0.39 is 0 Å².